The molecule has 0 bridgehead atoms. The summed E-state index contributed by atoms with van der Waals surface area (Å²) >= 11 is 0. The maximum absolute atomic E-state index is 5.86. The minimum atomic E-state index is 0.220. The molecule has 2 nitrogen and oxygen atoms in total. The first-order valence-corrected chi connectivity index (χ1v) is 8.75. The topological polar surface area (TPSA) is 18.5 Å². The van der Waals surface area contributed by atoms with Crippen LogP contribution in [0.5, 0.6) is 0 Å². The maximum Gasteiger partial charge on any atom is 0.0723 e. The molecule has 2 rings (SSSR count). The summed E-state index contributed by atoms with van der Waals surface area (Å²) in [5.74, 6) is 0. The molecule has 0 aliphatic heterocycles. The second kappa shape index (κ2) is 9.00. The first-order chi connectivity index (χ1) is 11.5. The third-order valence-electron chi connectivity index (χ3n) is 3.97. The Morgan fingerprint density at radius 3 is 2.08 bits per heavy atom. The summed E-state index contributed by atoms with van der Waals surface area (Å²) < 4.78 is 11.7. The van der Waals surface area contributed by atoms with E-state index in [2.05, 4.69) is 65.0 Å². The fourth-order valence-corrected chi connectivity index (χ4v) is 2.60. The number of aryl methyl sites for hydroxylation is 1. The van der Waals surface area contributed by atoms with E-state index in [0.29, 0.717) is 13.2 Å². The first-order valence-electron chi connectivity index (χ1n) is 8.75. The summed E-state index contributed by atoms with van der Waals surface area (Å²) in [4.78, 5) is 0. The lowest BCUT2D eigenvalue weighted by Gasteiger charge is -2.17. The fourth-order valence-electron chi connectivity index (χ4n) is 2.60. The van der Waals surface area contributed by atoms with Crippen LogP contribution in [0.4, 0.5) is 0 Å². The molecule has 129 valence electrons. The van der Waals surface area contributed by atoms with Gasteiger partial charge in [0.05, 0.1) is 25.4 Å². The van der Waals surface area contributed by atoms with Crippen molar-refractivity contribution in [3.63, 3.8) is 0 Å². The van der Waals surface area contributed by atoms with Crippen LogP contribution in [-0.4, -0.2) is 12.2 Å². The highest BCUT2D eigenvalue weighted by molar-refractivity contribution is 5.40. The highest BCUT2D eigenvalue weighted by atomic mass is 16.5. The summed E-state index contributed by atoms with van der Waals surface area (Å²) in [7, 11) is 0. The van der Waals surface area contributed by atoms with Crippen LogP contribution in [0.25, 0.3) is 0 Å². The van der Waals surface area contributed by atoms with Crippen LogP contribution in [0.2, 0.25) is 0 Å². The van der Waals surface area contributed by atoms with Gasteiger partial charge in [-0.25, -0.2) is 0 Å². The van der Waals surface area contributed by atoms with Crippen LogP contribution in [0.15, 0.2) is 36.4 Å². The predicted molar refractivity (Wildman–Crippen MR) is 99.1 cm³/mol. The average Bonchev–Trinajstić information content (AvgIpc) is 2.54. The van der Waals surface area contributed by atoms with Crippen molar-refractivity contribution in [3.8, 4) is 0 Å². The summed E-state index contributed by atoms with van der Waals surface area (Å²) in [6.07, 6.45) is 1.37. The average molecular weight is 325 g/mol. The second-order valence-corrected chi connectivity index (χ2v) is 6.86. The number of ether oxygens (including phenoxy) is 2. The van der Waals surface area contributed by atoms with Crippen molar-refractivity contribution in [3.05, 3.63) is 70.3 Å². The molecule has 2 aromatic carbocycles. The number of hydrogen-bond acceptors (Lipinski definition) is 2. The molecule has 24 heavy (non-hydrogen) atoms. The molecule has 0 saturated carbocycles. The van der Waals surface area contributed by atoms with Gasteiger partial charge in [-0.2, -0.15) is 0 Å². The maximum atomic E-state index is 5.86. The first kappa shape index (κ1) is 18.7. The number of hydrogen-bond donors (Lipinski definition) is 0. The van der Waals surface area contributed by atoms with E-state index in [0.717, 1.165) is 6.42 Å². The van der Waals surface area contributed by atoms with Gasteiger partial charge < -0.3 is 9.47 Å². The van der Waals surface area contributed by atoms with Crippen molar-refractivity contribution >= 4 is 0 Å². The molecule has 0 unspecified atom stereocenters. The molecule has 0 N–H and O–H groups in total. The summed E-state index contributed by atoms with van der Waals surface area (Å²) in [5.41, 5.74) is 6.37. The summed E-state index contributed by atoms with van der Waals surface area (Å²) in [6.45, 7) is 11.7. The molecule has 0 amide bonds. The van der Waals surface area contributed by atoms with Gasteiger partial charge in [-0.1, -0.05) is 36.4 Å². The lowest BCUT2D eigenvalue weighted by molar-refractivity contribution is 0.0537. The molecule has 0 aliphatic carbocycles. The molecular weight excluding hydrogens is 296 g/mol. The zero-order valence-electron chi connectivity index (χ0n) is 15.6. The van der Waals surface area contributed by atoms with Gasteiger partial charge in [0.1, 0.15) is 0 Å². The van der Waals surface area contributed by atoms with E-state index in [1.54, 1.807) is 0 Å². The van der Waals surface area contributed by atoms with E-state index in [1.165, 1.54) is 27.8 Å². The van der Waals surface area contributed by atoms with Crippen LogP contribution < -0.4 is 0 Å². The Morgan fingerprint density at radius 2 is 1.54 bits per heavy atom. The van der Waals surface area contributed by atoms with Crippen molar-refractivity contribution in [2.75, 3.05) is 0 Å². The molecule has 0 atom stereocenters. The monoisotopic (exact) mass is 325 g/mol. The van der Waals surface area contributed by atoms with Crippen LogP contribution in [0.1, 0.15) is 55.5 Å². The SMILES string of the molecule is Cc1cc(COC(C)C)c(COC(C)C)cc1Cc1c[c]ccc1. The van der Waals surface area contributed by atoms with Gasteiger partial charge in [-0.15, -0.1) is 0 Å². The Labute approximate surface area is 146 Å². The van der Waals surface area contributed by atoms with Crippen molar-refractivity contribution < 1.29 is 9.47 Å². The van der Waals surface area contributed by atoms with Crippen molar-refractivity contribution in [2.24, 2.45) is 0 Å². The van der Waals surface area contributed by atoms with Gasteiger partial charge in [0.15, 0.2) is 0 Å². The Bertz CT molecular complexity index is 630. The molecule has 0 fully saturated rings. The fraction of sp³-hybridized carbons (Fsp3) is 0.455. The zero-order chi connectivity index (χ0) is 17.5. The third kappa shape index (κ3) is 5.77. The lowest BCUT2D eigenvalue weighted by atomic mass is 9.95. The quantitative estimate of drug-likeness (QED) is 0.661. The molecule has 0 spiro atoms. The molecule has 0 heterocycles. The third-order valence-corrected chi connectivity index (χ3v) is 3.97. The molecule has 2 aromatic rings. The van der Waals surface area contributed by atoms with Crippen LogP contribution >= 0.6 is 0 Å². The van der Waals surface area contributed by atoms with Crippen LogP contribution in [0, 0.1) is 13.0 Å². The molecular formula is C22H29O2. The molecule has 0 aromatic heterocycles. The van der Waals surface area contributed by atoms with E-state index in [9.17, 15) is 0 Å². The second-order valence-electron chi connectivity index (χ2n) is 6.86. The van der Waals surface area contributed by atoms with Crippen molar-refractivity contribution in [2.45, 2.75) is 66.5 Å². The van der Waals surface area contributed by atoms with Crippen LogP contribution in [-0.2, 0) is 29.1 Å². The zero-order valence-corrected chi connectivity index (χ0v) is 15.6. The van der Waals surface area contributed by atoms with Gasteiger partial charge in [0.2, 0.25) is 0 Å². The van der Waals surface area contributed by atoms with Gasteiger partial charge in [-0.05, 0) is 74.9 Å². The normalized spacial score (nSPS) is 11.5. The van der Waals surface area contributed by atoms with E-state index in [-0.39, 0.29) is 12.2 Å². The van der Waals surface area contributed by atoms with E-state index >= 15 is 0 Å². The standard InChI is InChI=1S/C22H29O2/c1-16(2)23-14-21-11-18(5)20(12-19-9-7-6-8-10-19)13-22(21)15-24-17(3)4/h6-7,9-11,13,16-17H,12,14-15H2,1-5H3. The summed E-state index contributed by atoms with van der Waals surface area (Å²) in [6, 6.07) is 15.9. The highest BCUT2D eigenvalue weighted by Gasteiger charge is 2.10. The van der Waals surface area contributed by atoms with Crippen molar-refractivity contribution in [1.82, 2.24) is 0 Å². The smallest absolute Gasteiger partial charge is 0.0723 e. The van der Waals surface area contributed by atoms with E-state index in [4.69, 9.17) is 9.47 Å². The van der Waals surface area contributed by atoms with E-state index in [1.807, 2.05) is 12.1 Å². The highest BCUT2D eigenvalue weighted by Crippen LogP contribution is 2.22. The Kier molecular flexibility index (Phi) is 7.01. The number of benzene rings is 2. The Balaban J connectivity index is 2.26. The predicted octanol–water partition coefficient (Wildman–Crippen LogP) is 5.24. The molecule has 2 heteroatoms. The minimum Gasteiger partial charge on any atom is -0.374 e. The molecule has 1 radical (unpaired) electrons. The van der Waals surface area contributed by atoms with Crippen molar-refractivity contribution in [1.29, 1.82) is 0 Å². The van der Waals surface area contributed by atoms with Gasteiger partial charge in [-0.3, -0.25) is 0 Å². The van der Waals surface area contributed by atoms with Gasteiger partial charge in [0.25, 0.3) is 0 Å². The molecule has 0 aliphatic rings. The van der Waals surface area contributed by atoms with Crippen LogP contribution in [0.3, 0.4) is 0 Å². The summed E-state index contributed by atoms with van der Waals surface area (Å²) in [5, 5.41) is 0. The Morgan fingerprint density at radius 1 is 0.917 bits per heavy atom. The van der Waals surface area contributed by atoms with Gasteiger partial charge in [0, 0.05) is 0 Å². The van der Waals surface area contributed by atoms with Gasteiger partial charge >= 0.3 is 0 Å². The lowest BCUT2D eigenvalue weighted by Crippen LogP contribution is -2.09. The number of rotatable bonds is 8. The van der Waals surface area contributed by atoms with E-state index < -0.39 is 0 Å². The largest absolute Gasteiger partial charge is 0.374 e. The minimum absolute atomic E-state index is 0.220. The Hall–Kier alpha value is -1.64. The molecule has 0 saturated heterocycles.